The van der Waals surface area contributed by atoms with Gasteiger partial charge in [0.25, 0.3) is 0 Å². The molecule has 0 bridgehead atoms. The molecule has 0 saturated heterocycles. The zero-order chi connectivity index (χ0) is 26.1. The molecule has 1 unspecified atom stereocenters. The Morgan fingerprint density at radius 3 is 2.42 bits per heavy atom. The summed E-state index contributed by atoms with van der Waals surface area (Å²) in [5.41, 5.74) is 2.39. The summed E-state index contributed by atoms with van der Waals surface area (Å²) in [6.45, 7) is 3.63. The molecule has 3 rings (SSSR count). The molecule has 2 aromatic heterocycles. The number of hydrogen-bond donors (Lipinski definition) is 4. The van der Waals surface area contributed by atoms with Gasteiger partial charge < -0.3 is 15.3 Å². The van der Waals surface area contributed by atoms with E-state index in [9.17, 15) is 24.2 Å². The first-order valence-electron chi connectivity index (χ1n) is 11.4. The number of hydrogen-bond acceptors (Lipinski definition) is 6. The lowest BCUT2D eigenvalue weighted by atomic mass is 10.0. The highest BCUT2D eigenvalue weighted by atomic mass is 32.1. The third-order valence-electron chi connectivity index (χ3n) is 5.27. The van der Waals surface area contributed by atoms with E-state index in [2.05, 4.69) is 15.4 Å². The highest BCUT2D eigenvalue weighted by Gasteiger charge is 2.32. The first kappa shape index (κ1) is 27.7. The van der Waals surface area contributed by atoms with E-state index < -0.39 is 31.7 Å². The van der Waals surface area contributed by atoms with Crippen molar-refractivity contribution >= 4 is 31.0 Å². The van der Waals surface area contributed by atoms with E-state index in [0.29, 0.717) is 5.56 Å². The lowest BCUT2D eigenvalue weighted by molar-refractivity contribution is -0.142. The fourth-order valence-electron chi connectivity index (χ4n) is 3.52. The average Bonchev–Trinajstić information content (AvgIpc) is 3.36. The highest BCUT2D eigenvalue weighted by molar-refractivity contribution is 7.50. The molecule has 0 aliphatic heterocycles. The predicted molar refractivity (Wildman–Crippen MR) is 138 cm³/mol. The summed E-state index contributed by atoms with van der Waals surface area (Å²) in [7, 11) is -4.33. The second-order valence-electron chi connectivity index (χ2n) is 8.70. The van der Waals surface area contributed by atoms with Gasteiger partial charge in [0.2, 0.25) is 5.91 Å². The second kappa shape index (κ2) is 12.9. The molecule has 0 spiro atoms. The quantitative estimate of drug-likeness (QED) is 0.240. The summed E-state index contributed by atoms with van der Waals surface area (Å²) in [6, 6.07) is 14.1. The van der Waals surface area contributed by atoms with Crippen molar-refractivity contribution in [3.8, 4) is 11.3 Å². The maximum absolute atomic E-state index is 13.0. The number of carbonyl (C=O) groups is 2. The number of aromatic nitrogens is 1. The largest absolute Gasteiger partial charge is 0.480 e. The minimum atomic E-state index is -4.33. The molecule has 36 heavy (non-hydrogen) atoms. The van der Waals surface area contributed by atoms with Crippen LogP contribution in [0.3, 0.4) is 0 Å². The number of nitrogens with one attached hydrogen (secondary N) is 2. The van der Waals surface area contributed by atoms with Gasteiger partial charge in [-0.3, -0.25) is 14.3 Å². The lowest BCUT2D eigenvalue weighted by Crippen LogP contribution is -2.50. The molecule has 0 aliphatic carbocycles. The van der Waals surface area contributed by atoms with Crippen LogP contribution in [0.4, 0.5) is 0 Å². The third-order valence-corrected chi connectivity index (χ3v) is 7.24. The molecule has 1 aromatic carbocycles. The second-order valence-corrected chi connectivity index (χ2v) is 11.3. The molecular weight excluding hydrogens is 501 g/mol. The van der Waals surface area contributed by atoms with E-state index in [4.69, 9.17) is 4.52 Å². The Morgan fingerprint density at radius 2 is 1.83 bits per heavy atom. The number of benzene rings is 1. The van der Waals surface area contributed by atoms with E-state index in [1.807, 2.05) is 49.6 Å². The molecule has 1 amide bonds. The number of carboxylic acid groups (broad SMARTS) is 1. The topological polar surface area (TPSA) is 138 Å². The summed E-state index contributed by atoms with van der Waals surface area (Å²) in [5, 5.41) is 16.5. The Labute approximate surface area is 214 Å². The number of rotatable bonds is 13. The van der Waals surface area contributed by atoms with Gasteiger partial charge in [-0.05, 0) is 41.5 Å². The summed E-state index contributed by atoms with van der Waals surface area (Å²) < 4.78 is 17.7. The van der Waals surface area contributed by atoms with Crippen molar-refractivity contribution in [2.45, 2.75) is 45.4 Å². The smallest absolute Gasteiger partial charge is 0.403 e. The number of carbonyl (C=O) groups excluding carboxylic acids is 1. The van der Waals surface area contributed by atoms with Crippen LogP contribution in [0.5, 0.6) is 0 Å². The molecular formula is C25H30N3O6PS. The van der Waals surface area contributed by atoms with Crippen LogP contribution in [-0.4, -0.2) is 38.9 Å². The SMILES string of the molecule is CC(C)C[C@H](NP(=O)(O)OCc1cccs1)C(=O)N[C@@H](Cc1ccc(-c2ccccn2)cc1)C(=O)O. The maximum atomic E-state index is 13.0. The normalized spacial score (nSPS) is 14.7. The van der Waals surface area contributed by atoms with Crippen LogP contribution in [0.25, 0.3) is 11.3 Å². The van der Waals surface area contributed by atoms with E-state index in [1.165, 1.54) is 11.3 Å². The highest BCUT2D eigenvalue weighted by Crippen LogP contribution is 2.39. The number of nitrogens with zero attached hydrogens (tertiary/aromatic N) is 1. The van der Waals surface area contributed by atoms with Gasteiger partial charge in [-0.1, -0.05) is 50.2 Å². The number of pyridine rings is 1. The molecule has 4 N–H and O–H groups in total. The van der Waals surface area contributed by atoms with Crippen LogP contribution in [0.15, 0.2) is 66.2 Å². The van der Waals surface area contributed by atoms with Crippen molar-refractivity contribution in [2.75, 3.05) is 0 Å². The van der Waals surface area contributed by atoms with Gasteiger partial charge in [0, 0.05) is 23.1 Å². The Kier molecular flexibility index (Phi) is 9.92. The first-order valence-corrected chi connectivity index (χ1v) is 13.9. The van der Waals surface area contributed by atoms with Crippen LogP contribution >= 0.6 is 19.1 Å². The summed E-state index contributed by atoms with van der Waals surface area (Å²) in [5.74, 6) is -1.90. The van der Waals surface area contributed by atoms with Crippen LogP contribution in [0.1, 0.15) is 30.7 Å². The van der Waals surface area contributed by atoms with Gasteiger partial charge in [0.15, 0.2) is 0 Å². The Hall–Kier alpha value is -2.88. The molecule has 192 valence electrons. The molecule has 11 heteroatoms. The fourth-order valence-corrected chi connectivity index (χ4v) is 5.23. The third kappa shape index (κ3) is 8.65. The summed E-state index contributed by atoms with van der Waals surface area (Å²) >= 11 is 1.38. The fraction of sp³-hybridized carbons (Fsp3) is 0.320. The van der Waals surface area contributed by atoms with Crippen molar-refractivity contribution in [3.05, 3.63) is 76.6 Å². The number of amides is 1. The van der Waals surface area contributed by atoms with Gasteiger partial charge in [-0.25, -0.2) is 14.4 Å². The van der Waals surface area contributed by atoms with E-state index >= 15 is 0 Å². The Bertz CT molecular complexity index is 1170. The molecule has 0 saturated carbocycles. The van der Waals surface area contributed by atoms with Crippen LogP contribution in [-0.2, 0) is 31.7 Å². The van der Waals surface area contributed by atoms with Gasteiger partial charge in [0.05, 0.1) is 18.3 Å². The molecule has 0 radical (unpaired) electrons. The maximum Gasteiger partial charge on any atom is 0.403 e. The number of aliphatic carboxylic acids is 1. The van der Waals surface area contributed by atoms with Gasteiger partial charge in [-0.15, -0.1) is 11.3 Å². The van der Waals surface area contributed by atoms with Gasteiger partial charge in [0.1, 0.15) is 6.04 Å². The van der Waals surface area contributed by atoms with Gasteiger partial charge in [-0.2, -0.15) is 0 Å². The summed E-state index contributed by atoms with van der Waals surface area (Å²) in [6.07, 6.45) is 1.95. The Balaban J connectivity index is 1.65. The first-order chi connectivity index (χ1) is 17.1. The number of carboxylic acids is 1. The van der Waals surface area contributed by atoms with Crippen molar-refractivity contribution in [1.29, 1.82) is 0 Å². The monoisotopic (exact) mass is 531 g/mol. The minimum Gasteiger partial charge on any atom is -0.480 e. The molecule has 0 fully saturated rings. The van der Waals surface area contributed by atoms with Crippen molar-refractivity contribution in [1.82, 2.24) is 15.4 Å². The zero-order valence-electron chi connectivity index (χ0n) is 20.0. The van der Waals surface area contributed by atoms with E-state index in [0.717, 1.165) is 16.1 Å². The lowest BCUT2D eigenvalue weighted by Gasteiger charge is -2.24. The van der Waals surface area contributed by atoms with Crippen molar-refractivity contribution in [3.63, 3.8) is 0 Å². The molecule has 3 atom stereocenters. The van der Waals surface area contributed by atoms with Crippen LogP contribution < -0.4 is 10.4 Å². The zero-order valence-corrected chi connectivity index (χ0v) is 21.7. The van der Waals surface area contributed by atoms with Crippen molar-refractivity contribution < 1.29 is 28.7 Å². The molecule has 3 aromatic rings. The standard InChI is InChI=1S/C25H30N3O6PS/c1-17(2)14-22(28-35(32,33)34-16-20-6-5-13-36-20)24(29)27-23(25(30)31)15-18-8-10-19(11-9-18)21-7-3-4-12-26-21/h3-13,17,22-23H,14-16H2,1-2H3,(H,27,29)(H,30,31)(H2,28,32,33)/t22-,23-/m0/s1. The van der Waals surface area contributed by atoms with Crippen LogP contribution in [0.2, 0.25) is 0 Å². The summed E-state index contributed by atoms with van der Waals surface area (Å²) in [4.78, 5) is 40.2. The van der Waals surface area contributed by atoms with Gasteiger partial charge >= 0.3 is 13.7 Å². The number of thiophene rings is 1. The average molecular weight is 532 g/mol. The molecule has 2 heterocycles. The van der Waals surface area contributed by atoms with E-state index in [1.54, 1.807) is 30.5 Å². The van der Waals surface area contributed by atoms with Crippen molar-refractivity contribution in [2.24, 2.45) is 5.92 Å². The molecule has 0 aliphatic rings. The molecule has 9 nitrogen and oxygen atoms in total. The minimum absolute atomic E-state index is 0.00651. The Morgan fingerprint density at radius 1 is 1.08 bits per heavy atom. The van der Waals surface area contributed by atoms with Crippen LogP contribution in [0, 0.1) is 5.92 Å². The predicted octanol–water partition coefficient (Wildman–Crippen LogP) is 4.24. The van der Waals surface area contributed by atoms with E-state index in [-0.39, 0.29) is 25.4 Å².